The molecule has 0 saturated heterocycles. The summed E-state index contributed by atoms with van der Waals surface area (Å²) in [6.07, 6.45) is 0.596. The molecule has 0 bridgehead atoms. The molecule has 0 radical (unpaired) electrons. The molecular weight excluding hydrogens is 280 g/mol. The highest BCUT2D eigenvalue weighted by atomic mass is 32.2. The summed E-state index contributed by atoms with van der Waals surface area (Å²) in [5, 5.41) is 7.35. The number of sulfone groups is 1. The Kier molecular flexibility index (Phi) is 5.82. The number of nitrogens with one attached hydrogen (secondary N) is 1. The van der Waals surface area contributed by atoms with E-state index >= 15 is 0 Å². The maximum atomic E-state index is 11.6. The summed E-state index contributed by atoms with van der Waals surface area (Å²) in [6, 6.07) is 4.82. The zero-order chi connectivity index (χ0) is 15.2. The van der Waals surface area contributed by atoms with Gasteiger partial charge < -0.3 is 15.2 Å². The van der Waals surface area contributed by atoms with Crippen molar-refractivity contribution >= 4 is 15.7 Å². The molecule has 0 amide bonds. The van der Waals surface area contributed by atoms with E-state index in [9.17, 15) is 8.42 Å². The molecule has 1 aromatic rings. The first kappa shape index (κ1) is 16.3. The minimum Gasteiger partial charge on any atom is -0.493 e. The number of ether oxygens (including phenoxy) is 2. The van der Waals surface area contributed by atoms with Crippen LogP contribution in [0.15, 0.2) is 18.2 Å². The van der Waals surface area contributed by atoms with Crippen molar-refractivity contribution in [2.24, 2.45) is 5.73 Å². The van der Waals surface area contributed by atoms with E-state index in [1.807, 2.05) is 6.92 Å². The molecule has 3 N–H and O–H groups in total. The van der Waals surface area contributed by atoms with E-state index in [2.05, 4.69) is 0 Å². The zero-order valence-corrected chi connectivity index (χ0v) is 12.5. The van der Waals surface area contributed by atoms with Gasteiger partial charge in [-0.15, -0.1) is 0 Å². The Hall–Kier alpha value is -1.76. The average molecular weight is 300 g/mol. The number of nitrogen functional groups attached to an aromatic ring is 1. The molecule has 0 saturated carbocycles. The van der Waals surface area contributed by atoms with Gasteiger partial charge in [-0.25, -0.2) is 8.42 Å². The van der Waals surface area contributed by atoms with Gasteiger partial charge in [-0.2, -0.15) is 0 Å². The van der Waals surface area contributed by atoms with Gasteiger partial charge in [0, 0.05) is 5.56 Å². The van der Waals surface area contributed by atoms with Gasteiger partial charge in [-0.3, -0.25) is 5.41 Å². The average Bonchev–Trinajstić information content (AvgIpc) is 2.38. The molecule has 0 atom stereocenters. The zero-order valence-electron chi connectivity index (χ0n) is 11.7. The Balaban J connectivity index is 2.71. The molecule has 1 aromatic carbocycles. The molecule has 0 spiro atoms. The third kappa shape index (κ3) is 4.73. The molecule has 7 heteroatoms. The van der Waals surface area contributed by atoms with E-state index in [0.29, 0.717) is 23.5 Å². The van der Waals surface area contributed by atoms with Crippen molar-refractivity contribution in [3.8, 4) is 11.5 Å². The van der Waals surface area contributed by atoms with Crippen LogP contribution in [-0.4, -0.2) is 39.5 Å². The Morgan fingerprint density at radius 1 is 1.30 bits per heavy atom. The Bertz CT molecular complexity index is 570. The van der Waals surface area contributed by atoms with Crippen LogP contribution >= 0.6 is 0 Å². The van der Waals surface area contributed by atoms with Gasteiger partial charge in [-0.1, -0.05) is 6.92 Å². The van der Waals surface area contributed by atoms with Crippen molar-refractivity contribution in [3.05, 3.63) is 23.8 Å². The second-order valence-electron chi connectivity index (χ2n) is 4.28. The summed E-state index contributed by atoms with van der Waals surface area (Å²) >= 11 is 0. The number of nitrogens with two attached hydrogens (primary N) is 1. The number of hydrogen-bond acceptors (Lipinski definition) is 5. The first-order valence-electron chi connectivity index (χ1n) is 6.25. The molecular formula is C13H20N2O4S. The van der Waals surface area contributed by atoms with Crippen molar-refractivity contribution in [1.82, 2.24) is 0 Å². The SMILES string of the molecule is CCCS(=O)(=O)CCOc1ccc(C(=N)N)cc1OC. The maximum absolute atomic E-state index is 11.6. The van der Waals surface area contributed by atoms with Crippen LogP contribution in [-0.2, 0) is 9.84 Å². The van der Waals surface area contributed by atoms with E-state index in [1.165, 1.54) is 7.11 Å². The molecule has 20 heavy (non-hydrogen) atoms. The predicted octanol–water partition coefficient (Wildman–Crippen LogP) is 1.18. The minimum atomic E-state index is -3.06. The van der Waals surface area contributed by atoms with E-state index < -0.39 is 9.84 Å². The molecule has 112 valence electrons. The van der Waals surface area contributed by atoms with E-state index in [0.717, 1.165) is 0 Å². The highest BCUT2D eigenvalue weighted by Crippen LogP contribution is 2.27. The molecule has 1 rings (SSSR count). The lowest BCUT2D eigenvalue weighted by Gasteiger charge is -2.12. The van der Waals surface area contributed by atoms with Crippen molar-refractivity contribution in [1.29, 1.82) is 5.41 Å². The highest BCUT2D eigenvalue weighted by molar-refractivity contribution is 7.91. The monoisotopic (exact) mass is 300 g/mol. The largest absolute Gasteiger partial charge is 0.493 e. The van der Waals surface area contributed by atoms with Gasteiger partial charge in [-0.05, 0) is 24.6 Å². The minimum absolute atomic E-state index is 0.0293. The quantitative estimate of drug-likeness (QED) is 0.554. The lowest BCUT2D eigenvalue weighted by molar-refractivity contribution is 0.311. The summed E-state index contributed by atoms with van der Waals surface area (Å²) < 4.78 is 33.7. The van der Waals surface area contributed by atoms with Crippen LogP contribution in [0.25, 0.3) is 0 Å². The van der Waals surface area contributed by atoms with Gasteiger partial charge in [0.25, 0.3) is 0 Å². The van der Waals surface area contributed by atoms with E-state index in [-0.39, 0.29) is 23.9 Å². The van der Waals surface area contributed by atoms with Gasteiger partial charge in [0.1, 0.15) is 12.4 Å². The number of amidine groups is 1. The Morgan fingerprint density at radius 3 is 2.55 bits per heavy atom. The summed E-state index contributed by atoms with van der Waals surface area (Å²) in [5.74, 6) is 0.921. The molecule has 0 unspecified atom stereocenters. The fourth-order valence-electron chi connectivity index (χ4n) is 1.65. The maximum Gasteiger partial charge on any atom is 0.161 e. The molecule has 0 aromatic heterocycles. The summed E-state index contributed by atoms with van der Waals surface area (Å²) in [5.41, 5.74) is 5.91. The smallest absolute Gasteiger partial charge is 0.161 e. The lowest BCUT2D eigenvalue weighted by Crippen LogP contribution is -2.17. The van der Waals surface area contributed by atoms with Crippen LogP contribution in [0.1, 0.15) is 18.9 Å². The molecule has 0 fully saturated rings. The van der Waals surface area contributed by atoms with Crippen molar-refractivity contribution in [3.63, 3.8) is 0 Å². The lowest BCUT2D eigenvalue weighted by atomic mass is 10.2. The summed E-state index contributed by atoms with van der Waals surface area (Å²) in [7, 11) is -1.59. The fourth-order valence-corrected chi connectivity index (χ4v) is 2.81. The van der Waals surface area contributed by atoms with Gasteiger partial charge in [0.2, 0.25) is 0 Å². The van der Waals surface area contributed by atoms with Gasteiger partial charge >= 0.3 is 0 Å². The third-order valence-electron chi connectivity index (χ3n) is 2.64. The molecule has 0 heterocycles. The molecule has 0 aliphatic heterocycles. The molecule has 6 nitrogen and oxygen atoms in total. The molecule has 0 aliphatic rings. The van der Waals surface area contributed by atoms with Crippen LogP contribution in [0.3, 0.4) is 0 Å². The van der Waals surface area contributed by atoms with Crippen LogP contribution in [0.4, 0.5) is 0 Å². The number of hydrogen-bond donors (Lipinski definition) is 2. The van der Waals surface area contributed by atoms with Crippen molar-refractivity contribution < 1.29 is 17.9 Å². The second-order valence-corrected chi connectivity index (χ2v) is 6.58. The predicted molar refractivity (Wildman–Crippen MR) is 78.4 cm³/mol. The third-order valence-corrected chi connectivity index (χ3v) is 4.46. The van der Waals surface area contributed by atoms with Crippen LogP contribution < -0.4 is 15.2 Å². The Labute approximate surface area is 119 Å². The second kappa shape index (κ2) is 7.14. The molecule has 0 aliphatic carbocycles. The summed E-state index contributed by atoms with van der Waals surface area (Å²) in [4.78, 5) is 0. The number of rotatable bonds is 8. The van der Waals surface area contributed by atoms with Crippen LogP contribution in [0.2, 0.25) is 0 Å². The first-order valence-corrected chi connectivity index (χ1v) is 8.07. The van der Waals surface area contributed by atoms with E-state index in [4.69, 9.17) is 20.6 Å². The van der Waals surface area contributed by atoms with Crippen molar-refractivity contribution in [2.45, 2.75) is 13.3 Å². The number of methoxy groups -OCH3 is 1. The van der Waals surface area contributed by atoms with Crippen LogP contribution in [0, 0.1) is 5.41 Å². The van der Waals surface area contributed by atoms with E-state index in [1.54, 1.807) is 18.2 Å². The number of benzene rings is 1. The van der Waals surface area contributed by atoms with Gasteiger partial charge in [0.05, 0.1) is 18.6 Å². The topological polar surface area (TPSA) is 102 Å². The van der Waals surface area contributed by atoms with Crippen molar-refractivity contribution in [2.75, 3.05) is 25.2 Å². The standard InChI is InChI=1S/C13H20N2O4S/c1-3-7-20(16,17)8-6-19-11-5-4-10(13(14)15)9-12(11)18-2/h4-5,9H,3,6-8H2,1-2H3,(H3,14,15). The highest BCUT2D eigenvalue weighted by Gasteiger charge is 2.11. The van der Waals surface area contributed by atoms with Gasteiger partial charge in [0.15, 0.2) is 21.3 Å². The fraction of sp³-hybridized carbons (Fsp3) is 0.462. The normalized spacial score (nSPS) is 11.1. The van der Waals surface area contributed by atoms with Crippen LogP contribution in [0.5, 0.6) is 11.5 Å². The Morgan fingerprint density at radius 2 is 2.00 bits per heavy atom. The summed E-state index contributed by atoms with van der Waals surface area (Å²) in [6.45, 7) is 1.89. The first-order chi connectivity index (χ1) is 9.39.